The minimum absolute atomic E-state index is 0.0996. The number of carboxylic acids is 1. The summed E-state index contributed by atoms with van der Waals surface area (Å²) >= 11 is 0. The molecule has 9 heteroatoms. The summed E-state index contributed by atoms with van der Waals surface area (Å²) in [5, 5.41) is 13.1. The number of fused-ring (bicyclic) bond motifs is 1. The molecule has 2 aromatic carbocycles. The summed E-state index contributed by atoms with van der Waals surface area (Å²) in [4.78, 5) is 26.0. The zero-order valence-corrected chi connectivity index (χ0v) is 20.1. The molecule has 0 spiro atoms. The van der Waals surface area contributed by atoms with E-state index in [9.17, 15) is 27.9 Å². The number of aryl methyl sites for hydroxylation is 1. The molecule has 1 aromatic heterocycles. The highest BCUT2D eigenvalue weighted by molar-refractivity contribution is 5.94. The fourth-order valence-electron chi connectivity index (χ4n) is 4.49. The van der Waals surface area contributed by atoms with Crippen molar-refractivity contribution in [3.05, 3.63) is 81.2 Å². The SMILES string of the molecule is Cc1cc(C(C)Nc2ccccc2C(=O)O)c2oc(C3=CCN(C(C)C(F)(F)F)CC3)cc(=O)c2c1. The van der Waals surface area contributed by atoms with E-state index in [1.807, 2.05) is 19.9 Å². The highest BCUT2D eigenvalue weighted by Gasteiger charge is 2.40. The van der Waals surface area contributed by atoms with Gasteiger partial charge in [0, 0.05) is 30.4 Å². The Balaban J connectivity index is 1.71. The van der Waals surface area contributed by atoms with Crippen LogP contribution in [0.5, 0.6) is 0 Å². The molecule has 0 saturated carbocycles. The zero-order valence-electron chi connectivity index (χ0n) is 20.1. The van der Waals surface area contributed by atoms with Crippen molar-refractivity contribution in [1.29, 1.82) is 0 Å². The molecule has 2 heterocycles. The quantitative estimate of drug-likeness (QED) is 0.431. The van der Waals surface area contributed by atoms with Gasteiger partial charge in [-0.15, -0.1) is 0 Å². The first-order valence-electron chi connectivity index (χ1n) is 11.6. The Hall–Kier alpha value is -3.59. The maximum Gasteiger partial charge on any atom is 0.403 e. The molecule has 190 valence electrons. The minimum Gasteiger partial charge on any atom is -0.478 e. The van der Waals surface area contributed by atoms with E-state index in [1.54, 1.807) is 30.3 Å². The van der Waals surface area contributed by atoms with Gasteiger partial charge in [-0.05, 0) is 56.5 Å². The first kappa shape index (κ1) is 25.5. The molecule has 1 aliphatic rings. The van der Waals surface area contributed by atoms with Gasteiger partial charge in [0.1, 0.15) is 17.4 Å². The van der Waals surface area contributed by atoms with E-state index in [4.69, 9.17) is 4.42 Å². The Kier molecular flexibility index (Phi) is 6.95. The maximum atomic E-state index is 13.1. The Labute approximate surface area is 206 Å². The van der Waals surface area contributed by atoms with Gasteiger partial charge in [-0.2, -0.15) is 13.2 Å². The van der Waals surface area contributed by atoms with Crippen LogP contribution in [0.25, 0.3) is 16.5 Å². The van der Waals surface area contributed by atoms with Crippen LogP contribution in [-0.2, 0) is 0 Å². The lowest BCUT2D eigenvalue weighted by Crippen LogP contribution is -2.45. The Bertz CT molecular complexity index is 1390. The van der Waals surface area contributed by atoms with E-state index in [0.29, 0.717) is 40.0 Å². The molecule has 2 unspecified atom stereocenters. The molecular formula is C27H27F3N2O4. The van der Waals surface area contributed by atoms with Crippen LogP contribution in [0.2, 0.25) is 0 Å². The van der Waals surface area contributed by atoms with Gasteiger partial charge in [0.2, 0.25) is 0 Å². The van der Waals surface area contributed by atoms with Crippen molar-refractivity contribution in [2.24, 2.45) is 0 Å². The third-order valence-corrected chi connectivity index (χ3v) is 6.58. The van der Waals surface area contributed by atoms with Gasteiger partial charge >= 0.3 is 12.1 Å². The van der Waals surface area contributed by atoms with Crippen molar-refractivity contribution in [3.63, 3.8) is 0 Å². The second kappa shape index (κ2) is 9.81. The highest BCUT2D eigenvalue weighted by atomic mass is 19.4. The standard InChI is InChI=1S/C27H27F3N2O4/c1-15-12-20(16(2)31-22-7-5-4-6-19(22)26(34)35)25-21(13-15)23(33)14-24(36-25)18-8-10-32(11-9-18)17(3)27(28,29)30/h4-8,12-14,16-17,31H,9-11H2,1-3H3,(H,34,35). The van der Waals surface area contributed by atoms with Gasteiger partial charge in [-0.25, -0.2) is 4.79 Å². The van der Waals surface area contributed by atoms with Crippen LogP contribution in [0.1, 0.15) is 53.6 Å². The van der Waals surface area contributed by atoms with Crippen LogP contribution < -0.4 is 10.7 Å². The summed E-state index contributed by atoms with van der Waals surface area (Å²) in [5.41, 5.74) is 2.86. The summed E-state index contributed by atoms with van der Waals surface area (Å²) in [5.74, 6) is -0.735. The summed E-state index contributed by atoms with van der Waals surface area (Å²) in [6.45, 7) is 5.13. The van der Waals surface area contributed by atoms with Crippen LogP contribution in [0.15, 0.2) is 57.8 Å². The maximum absolute atomic E-state index is 13.1. The number of nitrogens with one attached hydrogen (secondary N) is 1. The largest absolute Gasteiger partial charge is 0.478 e. The fourth-order valence-corrected chi connectivity index (χ4v) is 4.49. The number of rotatable bonds is 6. The molecule has 1 aliphatic heterocycles. The predicted molar refractivity (Wildman–Crippen MR) is 132 cm³/mol. The Morgan fingerprint density at radius 3 is 2.53 bits per heavy atom. The van der Waals surface area contributed by atoms with E-state index >= 15 is 0 Å². The Morgan fingerprint density at radius 2 is 1.89 bits per heavy atom. The van der Waals surface area contributed by atoms with Crippen LogP contribution >= 0.6 is 0 Å². The van der Waals surface area contributed by atoms with Gasteiger partial charge in [0.25, 0.3) is 0 Å². The number of benzene rings is 2. The molecule has 0 aliphatic carbocycles. The molecule has 36 heavy (non-hydrogen) atoms. The van der Waals surface area contributed by atoms with Crippen molar-refractivity contribution in [2.75, 3.05) is 18.4 Å². The van der Waals surface area contributed by atoms with Gasteiger partial charge in [0.05, 0.1) is 17.0 Å². The van der Waals surface area contributed by atoms with Crippen molar-refractivity contribution in [2.45, 2.75) is 45.5 Å². The summed E-state index contributed by atoms with van der Waals surface area (Å²) in [6, 6.07) is 9.56. The number of carboxylic acid groups (broad SMARTS) is 1. The van der Waals surface area contributed by atoms with Gasteiger partial charge in [0.15, 0.2) is 5.43 Å². The van der Waals surface area contributed by atoms with E-state index < -0.39 is 24.2 Å². The number of anilines is 1. The molecular weight excluding hydrogens is 473 g/mol. The van der Waals surface area contributed by atoms with Crippen LogP contribution in [0, 0.1) is 6.92 Å². The number of alkyl halides is 3. The third-order valence-electron chi connectivity index (χ3n) is 6.58. The predicted octanol–water partition coefficient (Wildman–Crippen LogP) is 6.01. The number of aromatic carboxylic acids is 1. The number of para-hydroxylation sites is 1. The monoisotopic (exact) mass is 500 g/mol. The molecule has 3 aromatic rings. The molecule has 0 saturated heterocycles. The molecule has 0 radical (unpaired) electrons. The van der Waals surface area contributed by atoms with E-state index in [-0.39, 0.29) is 24.1 Å². The van der Waals surface area contributed by atoms with E-state index in [1.165, 1.54) is 17.0 Å². The van der Waals surface area contributed by atoms with Crippen molar-refractivity contribution in [1.82, 2.24) is 4.90 Å². The average Bonchev–Trinajstić information content (AvgIpc) is 2.83. The number of hydrogen-bond donors (Lipinski definition) is 2. The van der Waals surface area contributed by atoms with Gasteiger partial charge in [-0.1, -0.05) is 24.3 Å². The Morgan fingerprint density at radius 1 is 1.17 bits per heavy atom. The number of hydrogen-bond acceptors (Lipinski definition) is 5. The topological polar surface area (TPSA) is 82.8 Å². The molecule has 0 amide bonds. The molecule has 2 N–H and O–H groups in total. The fraction of sp³-hybridized carbons (Fsp3) is 0.333. The van der Waals surface area contributed by atoms with Crippen LogP contribution in [-0.4, -0.2) is 41.3 Å². The van der Waals surface area contributed by atoms with Gasteiger partial charge in [-0.3, -0.25) is 9.69 Å². The lowest BCUT2D eigenvalue weighted by atomic mass is 9.99. The normalized spacial score (nSPS) is 16.4. The molecule has 0 bridgehead atoms. The summed E-state index contributed by atoms with van der Waals surface area (Å²) in [7, 11) is 0. The highest BCUT2D eigenvalue weighted by Crippen LogP contribution is 2.33. The number of nitrogens with zero attached hydrogens (tertiary/aromatic N) is 1. The smallest absolute Gasteiger partial charge is 0.403 e. The minimum atomic E-state index is -4.31. The van der Waals surface area contributed by atoms with E-state index in [2.05, 4.69) is 5.32 Å². The number of carbonyl (C=O) groups is 1. The van der Waals surface area contributed by atoms with Crippen LogP contribution in [0.4, 0.5) is 18.9 Å². The zero-order chi connectivity index (χ0) is 26.2. The summed E-state index contributed by atoms with van der Waals surface area (Å²) in [6.07, 6.45) is -2.32. The number of halogens is 3. The summed E-state index contributed by atoms with van der Waals surface area (Å²) < 4.78 is 45.5. The second-order valence-electron chi connectivity index (χ2n) is 9.11. The van der Waals surface area contributed by atoms with Crippen LogP contribution in [0.3, 0.4) is 0 Å². The molecule has 0 fully saturated rings. The van der Waals surface area contributed by atoms with Crippen molar-refractivity contribution < 1.29 is 27.5 Å². The molecule has 4 rings (SSSR count). The second-order valence-corrected chi connectivity index (χ2v) is 9.11. The molecule has 2 atom stereocenters. The van der Waals surface area contributed by atoms with Gasteiger partial charge < -0.3 is 14.8 Å². The lowest BCUT2D eigenvalue weighted by Gasteiger charge is -2.32. The lowest BCUT2D eigenvalue weighted by molar-refractivity contribution is -0.177. The average molecular weight is 501 g/mol. The van der Waals surface area contributed by atoms with Crippen molar-refractivity contribution >= 4 is 28.2 Å². The molecule has 6 nitrogen and oxygen atoms in total. The first-order valence-corrected chi connectivity index (χ1v) is 11.6. The van der Waals surface area contributed by atoms with E-state index in [0.717, 1.165) is 12.5 Å². The van der Waals surface area contributed by atoms with Crippen molar-refractivity contribution in [3.8, 4) is 0 Å². The first-order chi connectivity index (χ1) is 17.0. The third kappa shape index (κ3) is 5.16.